The summed E-state index contributed by atoms with van der Waals surface area (Å²) in [6.07, 6.45) is 2.20. The van der Waals surface area contributed by atoms with E-state index in [1.54, 1.807) is 11.3 Å². The fourth-order valence-corrected chi connectivity index (χ4v) is 3.59. The smallest absolute Gasteiger partial charge is 0.0371 e. The fraction of sp³-hybridized carbons (Fsp3) is 0.375. The molecule has 2 rings (SSSR count). The Morgan fingerprint density at radius 3 is 2.79 bits per heavy atom. The summed E-state index contributed by atoms with van der Waals surface area (Å²) in [7, 11) is 0. The summed E-state index contributed by atoms with van der Waals surface area (Å²) in [4.78, 5) is 0. The van der Waals surface area contributed by atoms with E-state index >= 15 is 0 Å². The summed E-state index contributed by atoms with van der Waals surface area (Å²) < 4.78 is 1.15. The van der Waals surface area contributed by atoms with Crippen molar-refractivity contribution in [2.45, 2.75) is 32.7 Å². The van der Waals surface area contributed by atoms with Crippen LogP contribution < -0.4 is 5.32 Å². The Labute approximate surface area is 128 Å². The summed E-state index contributed by atoms with van der Waals surface area (Å²) in [5, 5.41) is 8.18. The molecular formula is C16H20BrNS. The number of rotatable bonds is 6. The number of hydrogen-bond acceptors (Lipinski definition) is 2. The van der Waals surface area contributed by atoms with E-state index in [9.17, 15) is 0 Å². The van der Waals surface area contributed by atoms with Gasteiger partial charge in [0.1, 0.15) is 0 Å². The van der Waals surface area contributed by atoms with Crippen molar-refractivity contribution in [1.29, 1.82) is 0 Å². The van der Waals surface area contributed by atoms with Gasteiger partial charge in [-0.1, -0.05) is 35.0 Å². The van der Waals surface area contributed by atoms with Crippen LogP contribution in [-0.2, 0) is 6.42 Å². The third kappa shape index (κ3) is 4.16. The van der Waals surface area contributed by atoms with Crippen LogP contribution in [0.1, 0.15) is 36.1 Å². The van der Waals surface area contributed by atoms with Gasteiger partial charge in [0, 0.05) is 10.5 Å². The van der Waals surface area contributed by atoms with Crippen molar-refractivity contribution in [1.82, 2.24) is 5.32 Å². The normalized spacial score (nSPS) is 12.6. The van der Waals surface area contributed by atoms with E-state index in [0.717, 1.165) is 23.9 Å². The zero-order valence-electron chi connectivity index (χ0n) is 11.4. The second kappa shape index (κ2) is 7.22. The highest BCUT2D eigenvalue weighted by Gasteiger charge is 2.14. The van der Waals surface area contributed by atoms with Crippen molar-refractivity contribution >= 4 is 27.3 Å². The fourth-order valence-electron chi connectivity index (χ4n) is 2.24. The van der Waals surface area contributed by atoms with Gasteiger partial charge in [0.05, 0.1) is 0 Å². The Balaban J connectivity index is 2.16. The van der Waals surface area contributed by atoms with Crippen LogP contribution >= 0.6 is 27.3 Å². The molecule has 0 radical (unpaired) electrons. The maximum atomic E-state index is 3.67. The summed E-state index contributed by atoms with van der Waals surface area (Å²) in [6, 6.07) is 9.01. The number of nitrogens with one attached hydrogen (secondary N) is 1. The number of halogens is 1. The molecule has 0 aliphatic rings. The predicted octanol–water partition coefficient (Wildman–Crippen LogP) is 5.10. The highest BCUT2D eigenvalue weighted by molar-refractivity contribution is 9.10. The molecule has 1 nitrogen and oxygen atoms in total. The zero-order chi connectivity index (χ0) is 13.7. The summed E-state index contributed by atoms with van der Waals surface area (Å²) in [6.45, 7) is 5.48. The van der Waals surface area contributed by atoms with Gasteiger partial charge in [0.15, 0.2) is 0 Å². The third-order valence-electron chi connectivity index (χ3n) is 3.24. The van der Waals surface area contributed by atoms with Gasteiger partial charge in [0.2, 0.25) is 0 Å². The van der Waals surface area contributed by atoms with Crippen molar-refractivity contribution in [3.63, 3.8) is 0 Å². The quantitative estimate of drug-likeness (QED) is 0.772. The predicted molar refractivity (Wildman–Crippen MR) is 87.9 cm³/mol. The van der Waals surface area contributed by atoms with E-state index < -0.39 is 0 Å². The van der Waals surface area contributed by atoms with Gasteiger partial charge in [-0.3, -0.25) is 0 Å². The molecule has 1 atom stereocenters. The lowest BCUT2D eigenvalue weighted by molar-refractivity contribution is 0.528. The SMILES string of the molecule is CCCNC(Cc1cccc(Br)c1)c1cscc1C. The first kappa shape index (κ1) is 14.8. The van der Waals surface area contributed by atoms with Gasteiger partial charge in [-0.2, -0.15) is 11.3 Å². The molecular weight excluding hydrogens is 318 g/mol. The average Bonchev–Trinajstić information content (AvgIpc) is 2.81. The molecule has 2 aromatic rings. The van der Waals surface area contributed by atoms with E-state index in [-0.39, 0.29) is 0 Å². The number of thiophene rings is 1. The van der Waals surface area contributed by atoms with Gasteiger partial charge in [-0.15, -0.1) is 0 Å². The second-order valence-electron chi connectivity index (χ2n) is 4.85. The first-order chi connectivity index (χ1) is 9.20. The topological polar surface area (TPSA) is 12.0 Å². The van der Waals surface area contributed by atoms with Crippen molar-refractivity contribution in [3.8, 4) is 0 Å². The zero-order valence-corrected chi connectivity index (χ0v) is 13.9. The number of benzene rings is 1. The Morgan fingerprint density at radius 2 is 2.16 bits per heavy atom. The highest BCUT2D eigenvalue weighted by atomic mass is 79.9. The molecule has 0 saturated heterocycles. The molecule has 0 bridgehead atoms. The van der Waals surface area contributed by atoms with Crippen LogP contribution in [0.4, 0.5) is 0 Å². The monoisotopic (exact) mass is 337 g/mol. The summed E-state index contributed by atoms with van der Waals surface area (Å²) >= 11 is 5.34. The Kier molecular flexibility index (Phi) is 5.61. The number of aryl methyl sites for hydroxylation is 1. The Bertz CT molecular complexity index is 521. The molecule has 1 aromatic heterocycles. The minimum atomic E-state index is 0.417. The van der Waals surface area contributed by atoms with Crippen LogP contribution in [0.3, 0.4) is 0 Å². The molecule has 1 unspecified atom stereocenters. The molecule has 0 fully saturated rings. The van der Waals surface area contributed by atoms with E-state index in [0.29, 0.717) is 6.04 Å². The van der Waals surface area contributed by atoms with Gasteiger partial charge in [0.25, 0.3) is 0 Å². The molecule has 0 aliphatic carbocycles. The molecule has 19 heavy (non-hydrogen) atoms. The van der Waals surface area contributed by atoms with Crippen LogP contribution in [0.2, 0.25) is 0 Å². The van der Waals surface area contributed by atoms with Crippen LogP contribution in [-0.4, -0.2) is 6.54 Å². The van der Waals surface area contributed by atoms with Crippen molar-refractivity contribution in [2.24, 2.45) is 0 Å². The third-order valence-corrected chi connectivity index (χ3v) is 4.61. The second-order valence-corrected chi connectivity index (χ2v) is 6.51. The Hall–Kier alpha value is -0.640. The highest BCUT2D eigenvalue weighted by Crippen LogP contribution is 2.26. The van der Waals surface area contributed by atoms with Crippen molar-refractivity contribution < 1.29 is 0 Å². The van der Waals surface area contributed by atoms with Crippen molar-refractivity contribution in [3.05, 3.63) is 56.2 Å². The largest absolute Gasteiger partial charge is 0.310 e. The van der Waals surface area contributed by atoms with Crippen LogP contribution in [0, 0.1) is 6.92 Å². The first-order valence-electron chi connectivity index (χ1n) is 6.71. The number of hydrogen-bond donors (Lipinski definition) is 1. The molecule has 3 heteroatoms. The first-order valence-corrected chi connectivity index (χ1v) is 8.44. The molecule has 1 aromatic carbocycles. The van der Waals surface area contributed by atoms with Crippen LogP contribution in [0.15, 0.2) is 39.5 Å². The van der Waals surface area contributed by atoms with Crippen molar-refractivity contribution in [2.75, 3.05) is 6.54 Å². The van der Waals surface area contributed by atoms with Crippen LogP contribution in [0.5, 0.6) is 0 Å². The minimum absolute atomic E-state index is 0.417. The maximum absolute atomic E-state index is 3.67. The average molecular weight is 338 g/mol. The van der Waals surface area contributed by atoms with Crippen LogP contribution in [0.25, 0.3) is 0 Å². The molecule has 1 heterocycles. The van der Waals surface area contributed by atoms with Gasteiger partial charge >= 0.3 is 0 Å². The summed E-state index contributed by atoms with van der Waals surface area (Å²) in [5.41, 5.74) is 4.21. The van der Waals surface area contributed by atoms with E-state index in [4.69, 9.17) is 0 Å². The molecule has 0 saturated carbocycles. The molecule has 102 valence electrons. The molecule has 1 N–H and O–H groups in total. The van der Waals surface area contributed by atoms with E-state index in [2.05, 4.69) is 70.1 Å². The van der Waals surface area contributed by atoms with Gasteiger partial charge in [-0.05, 0) is 65.9 Å². The molecule has 0 spiro atoms. The molecule has 0 amide bonds. The standard InChI is InChI=1S/C16H20BrNS/c1-3-7-18-16(15-11-19-10-12(15)2)9-13-5-4-6-14(17)8-13/h4-6,8,10-11,16,18H,3,7,9H2,1-2H3. The maximum Gasteiger partial charge on any atom is 0.0371 e. The lowest BCUT2D eigenvalue weighted by Crippen LogP contribution is -2.24. The van der Waals surface area contributed by atoms with E-state index in [1.807, 2.05) is 0 Å². The lowest BCUT2D eigenvalue weighted by Gasteiger charge is -2.19. The van der Waals surface area contributed by atoms with Gasteiger partial charge < -0.3 is 5.32 Å². The lowest BCUT2D eigenvalue weighted by atomic mass is 9.98. The van der Waals surface area contributed by atoms with Gasteiger partial charge in [-0.25, -0.2) is 0 Å². The Morgan fingerprint density at radius 1 is 1.32 bits per heavy atom. The minimum Gasteiger partial charge on any atom is -0.310 e. The summed E-state index contributed by atoms with van der Waals surface area (Å²) in [5.74, 6) is 0. The van der Waals surface area contributed by atoms with E-state index in [1.165, 1.54) is 16.7 Å². The molecule has 0 aliphatic heterocycles.